The maximum atomic E-state index is 2.26. The molecule has 3 aliphatic rings. The van der Waals surface area contributed by atoms with Gasteiger partial charge in [0.2, 0.25) is 0 Å². The highest BCUT2D eigenvalue weighted by molar-refractivity contribution is 5.98. The van der Waals surface area contributed by atoms with E-state index < -0.39 is 0 Å². The summed E-state index contributed by atoms with van der Waals surface area (Å²) in [5.41, 5.74) is 17.2. The Hall–Kier alpha value is -10.9. The van der Waals surface area contributed by atoms with Crippen LogP contribution in [0, 0.1) is 13.8 Å². The largest absolute Gasteiger partial charge is 0.0622 e. The lowest BCUT2D eigenvalue weighted by atomic mass is 9.92. The first-order chi connectivity index (χ1) is 46.0. The number of hydrogen-bond acceptors (Lipinski definition) is 0. The van der Waals surface area contributed by atoms with Crippen molar-refractivity contribution >= 4 is 64.6 Å². The lowest BCUT2D eigenvalue weighted by Crippen LogP contribution is -2.00. The van der Waals surface area contributed by atoms with Crippen LogP contribution in [-0.4, -0.2) is 0 Å². The number of fused-ring (bicyclic) bond motifs is 9. The molecule has 0 atom stereocenters. The average molecular weight is 1200 g/mol. The molecule has 16 aromatic rings. The first-order valence-electron chi connectivity index (χ1n) is 33.0. The van der Waals surface area contributed by atoms with Crippen LogP contribution >= 0.6 is 0 Å². The highest BCUT2D eigenvalue weighted by Gasteiger charge is 2.16. The summed E-state index contributed by atoms with van der Waals surface area (Å²) in [5.74, 6) is 0. The minimum atomic E-state index is 1.10. The van der Waals surface area contributed by atoms with Crippen LogP contribution in [-0.2, 0) is 32.1 Å². The quantitative estimate of drug-likeness (QED) is 0.144. The van der Waals surface area contributed by atoms with Crippen LogP contribution in [0.15, 0.2) is 364 Å². The molecule has 0 aromatic heterocycles. The van der Waals surface area contributed by atoms with Gasteiger partial charge in [0.25, 0.3) is 0 Å². The molecule has 3 aliphatic carbocycles. The van der Waals surface area contributed by atoms with Crippen molar-refractivity contribution in [3.05, 3.63) is 408 Å². The molecule has 0 spiro atoms. The summed E-state index contributed by atoms with van der Waals surface area (Å²) in [7, 11) is 0. The normalized spacial score (nSPS) is 11.7. The number of rotatable bonds is 1. The Bertz CT molecular complexity index is 4710. The van der Waals surface area contributed by atoms with E-state index in [2.05, 4.69) is 366 Å². The summed E-state index contributed by atoms with van der Waals surface area (Å²) in [5, 5.41) is 16.1. The van der Waals surface area contributed by atoms with Gasteiger partial charge in [-0.25, -0.2) is 0 Å². The van der Waals surface area contributed by atoms with Crippen molar-refractivity contribution in [3.8, 4) is 22.3 Å². The summed E-state index contributed by atoms with van der Waals surface area (Å²) in [4.78, 5) is 0. The molecule has 93 heavy (non-hydrogen) atoms. The van der Waals surface area contributed by atoms with Crippen LogP contribution in [0.4, 0.5) is 0 Å². The third kappa shape index (κ3) is 16.5. The van der Waals surface area contributed by atoms with E-state index in [9.17, 15) is 0 Å². The molecule has 452 valence electrons. The van der Waals surface area contributed by atoms with Crippen molar-refractivity contribution in [1.82, 2.24) is 0 Å². The van der Waals surface area contributed by atoms with Crippen molar-refractivity contribution in [3.63, 3.8) is 0 Å². The molecule has 0 saturated heterocycles. The van der Waals surface area contributed by atoms with E-state index in [1.165, 1.54) is 159 Å². The van der Waals surface area contributed by atoms with E-state index in [0.717, 1.165) is 6.42 Å². The van der Waals surface area contributed by atoms with Gasteiger partial charge in [-0.15, -0.1) is 0 Å². The van der Waals surface area contributed by atoms with Gasteiger partial charge in [0.15, 0.2) is 0 Å². The monoisotopic (exact) mass is 1200 g/mol. The average Bonchev–Trinajstić information content (AvgIpc) is 1.81. The zero-order valence-corrected chi connectivity index (χ0v) is 53.6. The molecule has 0 heterocycles. The zero-order chi connectivity index (χ0) is 63.2. The second-order valence-corrected chi connectivity index (χ2v) is 24.2. The zero-order valence-electron chi connectivity index (χ0n) is 53.6. The molecule has 0 nitrogen and oxygen atoms in total. The van der Waals surface area contributed by atoms with Gasteiger partial charge >= 0.3 is 0 Å². The minimum Gasteiger partial charge on any atom is -0.0622 e. The number of benzene rings is 16. The maximum Gasteiger partial charge on any atom is -0.00135 e. The molecule has 0 unspecified atom stereocenters. The summed E-state index contributed by atoms with van der Waals surface area (Å²) in [6.45, 7) is 4.26. The molecule has 19 rings (SSSR count). The number of hydrogen-bond donors (Lipinski definition) is 0. The van der Waals surface area contributed by atoms with Gasteiger partial charge in [0, 0.05) is 0 Å². The summed E-state index contributed by atoms with van der Waals surface area (Å²) < 4.78 is 0. The van der Waals surface area contributed by atoms with Crippen molar-refractivity contribution in [1.29, 1.82) is 0 Å². The van der Waals surface area contributed by atoms with E-state index in [1.807, 2.05) is 12.1 Å². The highest BCUT2D eigenvalue weighted by Crippen LogP contribution is 2.36. The molecule has 0 saturated carbocycles. The molecule has 0 radical (unpaired) electrons. The first kappa shape index (κ1) is 62.3. The number of aryl methyl sites for hydroxylation is 6. The fraction of sp³-hybridized carbons (Fsp3) is 0.0968. The van der Waals surface area contributed by atoms with Crippen LogP contribution in [0.5, 0.6) is 0 Å². The van der Waals surface area contributed by atoms with Gasteiger partial charge in [0.05, 0.1) is 0 Å². The Balaban J connectivity index is 0.000000102. The molecule has 0 fully saturated rings. The summed E-state index contributed by atoms with van der Waals surface area (Å²) >= 11 is 0. The molecule has 0 amide bonds. The first-order valence-corrected chi connectivity index (χ1v) is 33.0. The molecule has 0 heteroatoms. The van der Waals surface area contributed by atoms with Crippen LogP contribution in [0.3, 0.4) is 0 Å². The standard InChI is InChI=1S/C14H10.C13H10.2C12H10.2C11H10.C10H12.C10H8/c1-2-6-12-10-14-8-4-3-7-13(14)9-11(12)5-1;1-3-7-12-10(5-1)9-11-6-2-4-8-13(11)12;1-3-9-4-2-6-11-8-7-10(5-1)12(9)11;1-3-7-11(8-4-1)12-9-5-2-6-10-12;1-9-5-4-7-10-6-2-3-8-11(9)10;1-9-6-7-10-4-2-3-5-11(10)8-9;2*1-2-6-10-8-4-3-7-9(10)5-1/h1-10H;1-8H,9H2;1-6H,7-8H2;1-10H;2*2-8H,1H3;1-2,5-6H,3-4,7-8H2;1-8H. The summed E-state index contributed by atoms with van der Waals surface area (Å²) in [6, 6.07) is 128. The smallest absolute Gasteiger partial charge is 0.00135 e. The predicted molar refractivity (Wildman–Crippen MR) is 404 cm³/mol. The predicted octanol–water partition coefficient (Wildman–Crippen LogP) is 25.2. The summed E-state index contributed by atoms with van der Waals surface area (Å²) in [6.07, 6.45) is 8.94. The Morgan fingerprint density at radius 2 is 0.527 bits per heavy atom. The van der Waals surface area contributed by atoms with Gasteiger partial charge in [-0.3, -0.25) is 0 Å². The van der Waals surface area contributed by atoms with Crippen molar-refractivity contribution < 1.29 is 0 Å². The van der Waals surface area contributed by atoms with Crippen LogP contribution in [0.25, 0.3) is 86.9 Å². The Kier molecular flexibility index (Phi) is 21.2. The minimum absolute atomic E-state index is 1.10. The van der Waals surface area contributed by atoms with E-state index in [-0.39, 0.29) is 0 Å². The Morgan fingerprint density at radius 3 is 0.978 bits per heavy atom. The van der Waals surface area contributed by atoms with E-state index in [1.54, 1.807) is 11.1 Å². The van der Waals surface area contributed by atoms with Gasteiger partial charge in [-0.2, -0.15) is 0 Å². The molecule has 0 bridgehead atoms. The highest BCUT2D eigenvalue weighted by atomic mass is 14.2. The van der Waals surface area contributed by atoms with E-state index in [0.29, 0.717) is 0 Å². The fourth-order valence-electron chi connectivity index (χ4n) is 12.9. The second-order valence-electron chi connectivity index (χ2n) is 24.2. The van der Waals surface area contributed by atoms with Gasteiger partial charge < -0.3 is 0 Å². The molecular weight excluding hydrogens is 1120 g/mol. The topological polar surface area (TPSA) is 0 Å². The third-order valence-electron chi connectivity index (χ3n) is 17.8. The maximum absolute atomic E-state index is 2.26. The third-order valence-corrected chi connectivity index (χ3v) is 17.8. The van der Waals surface area contributed by atoms with Gasteiger partial charge in [-0.05, 0) is 197 Å². The lowest BCUT2D eigenvalue weighted by Gasteiger charge is -2.13. The molecule has 16 aromatic carbocycles. The van der Waals surface area contributed by atoms with Gasteiger partial charge in [-0.1, -0.05) is 357 Å². The van der Waals surface area contributed by atoms with Crippen molar-refractivity contribution in [2.75, 3.05) is 0 Å². The fourth-order valence-corrected chi connectivity index (χ4v) is 12.9. The SMILES string of the molecule is Cc1ccc2ccccc2c1.Cc1cccc2ccccc12.c1cc2c3c(cccc3c1)CC2.c1ccc(-c2ccccc2)cc1.c1ccc2c(c1)CCCC2.c1ccc2c(c1)Cc1ccccc1-2.c1ccc2cc3ccccc3cc2c1.c1ccc2ccccc2c1. The van der Waals surface area contributed by atoms with Crippen LogP contribution in [0.2, 0.25) is 0 Å². The Labute approximate surface area is 550 Å². The van der Waals surface area contributed by atoms with Crippen molar-refractivity contribution in [2.45, 2.75) is 58.8 Å². The van der Waals surface area contributed by atoms with E-state index >= 15 is 0 Å². The van der Waals surface area contributed by atoms with E-state index in [4.69, 9.17) is 0 Å². The van der Waals surface area contributed by atoms with Crippen LogP contribution < -0.4 is 0 Å². The lowest BCUT2D eigenvalue weighted by molar-refractivity contribution is 0.685. The molecular formula is C93H80. The van der Waals surface area contributed by atoms with Crippen LogP contribution in [0.1, 0.15) is 57.3 Å². The van der Waals surface area contributed by atoms with Crippen molar-refractivity contribution in [2.24, 2.45) is 0 Å². The molecule has 0 aliphatic heterocycles. The van der Waals surface area contributed by atoms with Gasteiger partial charge in [0.1, 0.15) is 0 Å². The molecule has 0 N–H and O–H groups in total. The Morgan fingerprint density at radius 1 is 0.204 bits per heavy atom. The second kappa shape index (κ2) is 31.7.